The smallest absolute Gasteiger partial charge is 0.0568 e. The number of pyridine rings is 1. The van der Waals surface area contributed by atoms with E-state index in [1.54, 1.807) is 12.1 Å². The minimum atomic E-state index is 0.550. The Labute approximate surface area is 83.0 Å². The van der Waals surface area contributed by atoms with E-state index in [2.05, 4.69) is 16.7 Å². The first-order chi connectivity index (χ1) is 6.84. The van der Waals surface area contributed by atoms with E-state index in [9.17, 15) is 0 Å². The summed E-state index contributed by atoms with van der Waals surface area (Å²) >= 11 is 0. The Hall–Kier alpha value is -1.83. The van der Waals surface area contributed by atoms with E-state index in [0.717, 1.165) is 6.54 Å². The maximum atomic E-state index is 7.36. The first-order valence-corrected chi connectivity index (χ1v) is 4.59. The molecule has 2 nitrogen and oxygen atoms in total. The van der Waals surface area contributed by atoms with Crippen LogP contribution in [0.1, 0.15) is 5.56 Å². The summed E-state index contributed by atoms with van der Waals surface area (Å²) in [6.45, 7) is 0.862. The second-order valence-electron chi connectivity index (χ2n) is 3.24. The Kier molecular flexibility index (Phi) is 2.45. The lowest BCUT2D eigenvalue weighted by Crippen LogP contribution is -2.04. The lowest BCUT2D eigenvalue weighted by molar-refractivity contribution is 0.786. The van der Waals surface area contributed by atoms with Crippen LogP contribution in [-0.4, -0.2) is 4.57 Å². The summed E-state index contributed by atoms with van der Waals surface area (Å²) in [5.74, 6) is 0. The number of benzene rings is 1. The van der Waals surface area contributed by atoms with Gasteiger partial charge < -0.3 is 9.98 Å². The average molecular weight is 184 g/mol. The fourth-order valence-electron chi connectivity index (χ4n) is 1.36. The molecule has 0 aliphatic rings. The minimum Gasteiger partial charge on any atom is -0.350 e. The van der Waals surface area contributed by atoms with Crippen LogP contribution in [0.4, 0.5) is 0 Å². The molecule has 2 heteroatoms. The van der Waals surface area contributed by atoms with Gasteiger partial charge in [-0.2, -0.15) is 0 Å². The molecule has 0 spiro atoms. The minimum absolute atomic E-state index is 0.550. The zero-order valence-electron chi connectivity index (χ0n) is 7.85. The van der Waals surface area contributed by atoms with Gasteiger partial charge in [-0.1, -0.05) is 30.3 Å². The van der Waals surface area contributed by atoms with Crippen LogP contribution in [0.15, 0.2) is 54.9 Å². The number of rotatable bonds is 2. The molecule has 0 amide bonds. The van der Waals surface area contributed by atoms with Crippen LogP contribution in [-0.2, 0) is 6.54 Å². The first-order valence-electron chi connectivity index (χ1n) is 4.59. The van der Waals surface area contributed by atoms with E-state index in [1.807, 2.05) is 30.6 Å². The highest BCUT2D eigenvalue weighted by atomic mass is 14.9. The summed E-state index contributed by atoms with van der Waals surface area (Å²) in [5, 5.41) is 7.91. The van der Waals surface area contributed by atoms with Crippen LogP contribution in [0.3, 0.4) is 0 Å². The Balaban J connectivity index is 2.19. The summed E-state index contributed by atoms with van der Waals surface area (Å²) < 4.78 is 2.06. The van der Waals surface area contributed by atoms with Crippen molar-refractivity contribution in [3.63, 3.8) is 0 Å². The summed E-state index contributed by atoms with van der Waals surface area (Å²) in [4.78, 5) is 0. The van der Waals surface area contributed by atoms with E-state index < -0.39 is 0 Å². The number of hydrogen-bond donors (Lipinski definition) is 1. The average Bonchev–Trinajstić information content (AvgIpc) is 2.23. The molecular formula is C12H12N2. The van der Waals surface area contributed by atoms with Gasteiger partial charge >= 0.3 is 0 Å². The molecule has 70 valence electrons. The molecular weight excluding hydrogens is 172 g/mol. The molecule has 14 heavy (non-hydrogen) atoms. The van der Waals surface area contributed by atoms with Gasteiger partial charge in [-0.25, -0.2) is 0 Å². The van der Waals surface area contributed by atoms with Crippen LogP contribution in [0.25, 0.3) is 0 Å². The van der Waals surface area contributed by atoms with Gasteiger partial charge in [0.1, 0.15) is 0 Å². The summed E-state index contributed by atoms with van der Waals surface area (Å²) in [7, 11) is 0. The van der Waals surface area contributed by atoms with Crippen molar-refractivity contribution in [3.05, 3.63) is 65.8 Å². The summed E-state index contributed by atoms with van der Waals surface area (Å²) in [6.07, 6.45) is 3.85. The van der Waals surface area contributed by atoms with E-state index in [-0.39, 0.29) is 0 Å². The second kappa shape index (κ2) is 3.92. The van der Waals surface area contributed by atoms with Gasteiger partial charge in [-0.15, -0.1) is 0 Å². The monoisotopic (exact) mass is 184 g/mol. The lowest BCUT2D eigenvalue weighted by Gasteiger charge is -2.05. The standard InChI is InChI=1S/C12H12N2/c13-12-6-8-14(9-7-12)10-11-4-2-1-3-5-11/h1-9,13H,10H2. The van der Waals surface area contributed by atoms with Crippen molar-refractivity contribution in [2.45, 2.75) is 6.54 Å². The topological polar surface area (TPSA) is 28.8 Å². The highest BCUT2D eigenvalue weighted by molar-refractivity contribution is 5.15. The van der Waals surface area contributed by atoms with Crippen LogP contribution in [0.2, 0.25) is 0 Å². The van der Waals surface area contributed by atoms with Crippen molar-refractivity contribution >= 4 is 0 Å². The Morgan fingerprint density at radius 1 is 0.929 bits per heavy atom. The van der Waals surface area contributed by atoms with Crippen molar-refractivity contribution in [2.75, 3.05) is 0 Å². The molecule has 2 aromatic rings. The fourth-order valence-corrected chi connectivity index (χ4v) is 1.36. The third kappa shape index (κ3) is 2.10. The molecule has 0 atom stereocenters. The molecule has 1 heterocycles. The molecule has 1 N–H and O–H groups in total. The van der Waals surface area contributed by atoms with Gasteiger partial charge in [0.2, 0.25) is 0 Å². The zero-order chi connectivity index (χ0) is 9.80. The molecule has 0 aliphatic carbocycles. The van der Waals surface area contributed by atoms with Crippen molar-refractivity contribution in [1.82, 2.24) is 4.57 Å². The molecule has 0 aliphatic heterocycles. The van der Waals surface area contributed by atoms with E-state index >= 15 is 0 Å². The Morgan fingerprint density at radius 3 is 2.21 bits per heavy atom. The highest BCUT2D eigenvalue weighted by Crippen LogP contribution is 2.00. The van der Waals surface area contributed by atoms with Crippen molar-refractivity contribution in [1.29, 1.82) is 5.41 Å². The van der Waals surface area contributed by atoms with Crippen LogP contribution >= 0.6 is 0 Å². The number of nitrogens with zero attached hydrogens (tertiary/aromatic N) is 1. The van der Waals surface area contributed by atoms with Crippen molar-refractivity contribution < 1.29 is 0 Å². The van der Waals surface area contributed by atoms with Gasteiger partial charge in [-0.3, -0.25) is 0 Å². The molecule has 0 saturated heterocycles. The van der Waals surface area contributed by atoms with Gasteiger partial charge in [0.25, 0.3) is 0 Å². The molecule has 2 rings (SSSR count). The van der Waals surface area contributed by atoms with Crippen LogP contribution < -0.4 is 5.36 Å². The number of aromatic nitrogens is 1. The van der Waals surface area contributed by atoms with Crippen LogP contribution in [0, 0.1) is 5.41 Å². The lowest BCUT2D eigenvalue weighted by atomic mass is 10.2. The maximum Gasteiger partial charge on any atom is 0.0568 e. The zero-order valence-corrected chi connectivity index (χ0v) is 7.85. The van der Waals surface area contributed by atoms with E-state index in [4.69, 9.17) is 5.41 Å². The molecule has 0 radical (unpaired) electrons. The summed E-state index contributed by atoms with van der Waals surface area (Å²) in [5.41, 5.74) is 1.27. The molecule has 0 unspecified atom stereocenters. The fraction of sp³-hybridized carbons (Fsp3) is 0.0833. The number of nitrogens with one attached hydrogen (secondary N) is 1. The Morgan fingerprint density at radius 2 is 1.57 bits per heavy atom. The van der Waals surface area contributed by atoms with E-state index in [1.165, 1.54) is 5.56 Å². The van der Waals surface area contributed by atoms with Gasteiger partial charge in [0, 0.05) is 18.9 Å². The highest BCUT2D eigenvalue weighted by Gasteiger charge is 1.90. The van der Waals surface area contributed by atoms with Crippen molar-refractivity contribution in [2.24, 2.45) is 0 Å². The second-order valence-corrected chi connectivity index (χ2v) is 3.24. The summed E-state index contributed by atoms with van der Waals surface area (Å²) in [6, 6.07) is 13.9. The quantitative estimate of drug-likeness (QED) is 0.739. The normalized spacial score (nSPS) is 10.0. The third-order valence-corrected chi connectivity index (χ3v) is 2.10. The molecule has 0 fully saturated rings. The molecule has 0 bridgehead atoms. The molecule has 1 aromatic heterocycles. The maximum absolute atomic E-state index is 7.36. The van der Waals surface area contributed by atoms with Gasteiger partial charge in [0.15, 0.2) is 0 Å². The molecule has 0 saturated carbocycles. The van der Waals surface area contributed by atoms with E-state index in [0.29, 0.717) is 5.36 Å². The Bertz CT molecular complexity index is 437. The van der Waals surface area contributed by atoms with Crippen LogP contribution in [0.5, 0.6) is 0 Å². The van der Waals surface area contributed by atoms with Gasteiger partial charge in [-0.05, 0) is 17.7 Å². The predicted molar refractivity (Wildman–Crippen MR) is 55.8 cm³/mol. The molecule has 1 aromatic carbocycles. The first kappa shape index (κ1) is 8.75. The van der Waals surface area contributed by atoms with Crippen molar-refractivity contribution in [3.8, 4) is 0 Å². The third-order valence-electron chi connectivity index (χ3n) is 2.10. The predicted octanol–water partition coefficient (Wildman–Crippen LogP) is 2.02. The largest absolute Gasteiger partial charge is 0.350 e. The van der Waals surface area contributed by atoms with Gasteiger partial charge in [0.05, 0.1) is 5.36 Å². The SMILES string of the molecule is N=c1ccn(Cc2ccccc2)cc1. The number of hydrogen-bond acceptors (Lipinski definition) is 1.